The minimum atomic E-state index is -1.80. The van der Waals surface area contributed by atoms with Gasteiger partial charge in [0.15, 0.2) is 0 Å². The van der Waals surface area contributed by atoms with Gasteiger partial charge in [0, 0.05) is 12.2 Å². The first-order valence-corrected chi connectivity index (χ1v) is 9.57. The number of hydrogen-bond acceptors (Lipinski definition) is 9. The fourth-order valence-corrected chi connectivity index (χ4v) is 2.44. The number of thiol groups is 1. The van der Waals surface area contributed by atoms with E-state index in [-0.39, 0.29) is 12.2 Å². The average molecular weight is 480 g/mol. The monoisotopic (exact) mass is 480 g/mol. The number of nitrogens with one attached hydrogen (secondary N) is 3. The Morgan fingerprint density at radius 2 is 1.12 bits per heavy atom. The topological polar surface area (TPSA) is 263 Å². The van der Waals surface area contributed by atoms with Crippen LogP contribution in [0, 0.1) is 0 Å². The maximum atomic E-state index is 12.4. The molecule has 0 heterocycles. The van der Waals surface area contributed by atoms with Crippen LogP contribution in [0.4, 0.5) is 0 Å². The maximum Gasteiger partial charge on any atom is 0.326 e. The van der Waals surface area contributed by atoms with Crippen molar-refractivity contribution in [2.45, 2.75) is 49.9 Å². The molecule has 0 spiro atoms. The normalized spacial score (nSPS) is 14.2. The lowest BCUT2D eigenvalue weighted by atomic mass is 10.1. The molecule has 15 nitrogen and oxygen atoms in total. The van der Waals surface area contributed by atoms with Crippen molar-refractivity contribution in [3.8, 4) is 0 Å². The van der Waals surface area contributed by atoms with Crippen molar-refractivity contribution in [2.75, 3.05) is 5.75 Å². The standard InChI is InChI=1S/C16H24N4O11S/c17-6(1-2-10(21)22)13(27)18-7(3-11(23)24)14(28)20-9(5-32)15(29)19-8(16(30)31)4-12(25)26/h6-9,32H,1-5,17H2,(H,18,27)(H,19,29)(H,20,28)(H,21,22)(H,23,24)(H,25,26)(H,30,31). The van der Waals surface area contributed by atoms with Crippen molar-refractivity contribution in [1.29, 1.82) is 0 Å². The lowest BCUT2D eigenvalue weighted by Gasteiger charge is -2.23. The van der Waals surface area contributed by atoms with Gasteiger partial charge in [-0.2, -0.15) is 12.6 Å². The summed E-state index contributed by atoms with van der Waals surface area (Å²) in [5, 5.41) is 41.3. The molecule has 0 radical (unpaired) electrons. The van der Waals surface area contributed by atoms with E-state index >= 15 is 0 Å². The molecule has 0 aromatic rings. The van der Waals surface area contributed by atoms with Crippen molar-refractivity contribution >= 4 is 54.2 Å². The molecule has 16 heteroatoms. The van der Waals surface area contributed by atoms with Crippen LogP contribution in [0.5, 0.6) is 0 Å². The number of amides is 3. The number of carbonyl (C=O) groups is 7. The second-order valence-electron chi connectivity index (χ2n) is 6.44. The number of carboxylic acids is 4. The molecule has 180 valence electrons. The van der Waals surface area contributed by atoms with Gasteiger partial charge in [-0.3, -0.25) is 28.8 Å². The predicted octanol–water partition coefficient (Wildman–Crippen LogP) is -3.40. The summed E-state index contributed by atoms with van der Waals surface area (Å²) in [5.41, 5.74) is 5.51. The summed E-state index contributed by atoms with van der Waals surface area (Å²) in [5.74, 6) is -9.52. The molecule has 0 saturated heterocycles. The van der Waals surface area contributed by atoms with E-state index in [0.29, 0.717) is 0 Å². The molecular formula is C16H24N4O11S. The Balaban J connectivity index is 5.26. The van der Waals surface area contributed by atoms with Gasteiger partial charge in [-0.15, -0.1) is 0 Å². The van der Waals surface area contributed by atoms with Crippen LogP contribution in [0.2, 0.25) is 0 Å². The molecular weight excluding hydrogens is 456 g/mol. The second kappa shape index (κ2) is 13.8. The van der Waals surface area contributed by atoms with E-state index in [4.69, 9.17) is 26.2 Å². The van der Waals surface area contributed by atoms with E-state index in [1.807, 2.05) is 10.6 Å². The fourth-order valence-electron chi connectivity index (χ4n) is 2.19. The fraction of sp³-hybridized carbons (Fsp3) is 0.562. The molecule has 0 aromatic carbocycles. The highest BCUT2D eigenvalue weighted by Gasteiger charge is 2.31. The zero-order valence-corrected chi connectivity index (χ0v) is 17.4. The van der Waals surface area contributed by atoms with Gasteiger partial charge < -0.3 is 42.1 Å². The molecule has 32 heavy (non-hydrogen) atoms. The van der Waals surface area contributed by atoms with Gasteiger partial charge in [0.2, 0.25) is 17.7 Å². The Morgan fingerprint density at radius 1 is 0.688 bits per heavy atom. The van der Waals surface area contributed by atoms with Gasteiger partial charge in [-0.25, -0.2) is 4.79 Å². The highest BCUT2D eigenvalue weighted by Crippen LogP contribution is 2.01. The van der Waals surface area contributed by atoms with Crippen LogP contribution in [0.1, 0.15) is 25.7 Å². The Labute approximate surface area is 186 Å². The SMILES string of the molecule is NC(CCC(=O)O)C(=O)NC(CC(=O)O)C(=O)NC(CS)C(=O)NC(CC(=O)O)C(=O)O. The number of nitrogens with two attached hydrogens (primary N) is 1. The van der Waals surface area contributed by atoms with Gasteiger partial charge in [0.25, 0.3) is 0 Å². The third kappa shape index (κ3) is 11.1. The van der Waals surface area contributed by atoms with E-state index in [0.717, 1.165) is 0 Å². The quantitative estimate of drug-likeness (QED) is 0.104. The summed E-state index contributed by atoms with van der Waals surface area (Å²) < 4.78 is 0. The van der Waals surface area contributed by atoms with Crippen LogP contribution in [0.15, 0.2) is 0 Å². The molecule has 9 N–H and O–H groups in total. The molecule has 4 unspecified atom stereocenters. The van der Waals surface area contributed by atoms with E-state index in [1.54, 1.807) is 0 Å². The van der Waals surface area contributed by atoms with Crippen LogP contribution < -0.4 is 21.7 Å². The molecule has 0 aliphatic carbocycles. The molecule has 0 rings (SSSR count). The summed E-state index contributed by atoms with van der Waals surface area (Å²) in [6.45, 7) is 0. The Morgan fingerprint density at radius 3 is 1.56 bits per heavy atom. The first-order chi connectivity index (χ1) is 14.8. The number of aliphatic carboxylic acids is 4. The van der Waals surface area contributed by atoms with Crippen molar-refractivity contribution in [2.24, 2.45) is 5.73 Å². The molecule has 0 fully saturated rings. The zero-order valence-electron chi connectivity index (χ0n) is 16.5. The Kier molecular flexibility index (Phi) is 12.3. The van der Waals surface area contributed by atoms with Crippen molar-refractivity contribution in [3.63, 3.8) is 0 Å². The van der Waals surface area contributed by atoms with Gasteiger partial charge >= 0.3 is 23.9 Å². The minimum absolute atomic E-state index is 0.287. The van der Waals surface area contributed by atoms with Crippen LogP contribution >= 0.6 is 12.6 Å². The maximum absolute atomic E-state index is 12.4. The first-order valence-electron chi connectivity index (χ1n) is 8.94. The summed E-state index contributed by atoms with van der Waals surface area (Å²) in [6.07, 6.45) is -2.60. The molecule has 0 aromatic heterocycles. The largest absolute Gasteiger partial charge is 0.481 e. The second-order valence-corrected chi connectivity index (χ2v) is 6.80. The lowest BCUT2D eigenvalue weighted by molar-refractivity contribution is -0.147. The summed E-state index contributed by atoms with van der Waals surface area (Å²) in [7, 11) is 0. The number of hydrogen-bond donors (Lipinski definition) is 9. The molecule has 0 aliphatic rings. The molecule has 0 bridgehead atoms. The molecule has 0 saturated carbocycles. The first kappa shape index (κ1) is 28.6. The van der Waals surface area contributed by atoms with Crippen molar-refractivity contribution in [1.82, 2.24) is 16.0 Å². The third-order valence-electron chi connectivity index (χ3n) is 3.83. The number of carboxylic acid groups (broad SMARTS) is 4. The smallest absolute Gasteiger partial charge is 0.326 e. The van der Waals surface area contributed by atoms with E-state index in [2.05, 4.69) is 17.9 Å². The highest BCUT2D eigenvalue weighted by atomic mass is 32.1. The van der Waals surface area contributed by atoms with Crippen molar-refractivity contribution < 1.29 is 54.0 Å². The van der Waals surface area contributed by atoms with Gasteiger partial charge in [0.1, 0.15) is 18.1 Å². The lowest BCUT2D eigenvalue weighted by Crippen LogP contribution is -2.58. The molecule has 0 aliphatic heterocycles. The number of carbonyl (C=O) groups excluding carboxylic acids is 3. The van der Waals surface area contributed by atoms with Gasteiger partial charge in [-0.1, -0.05) is 0 Å². The summed E-state index contributed by atoms with van der Waals surface area (Å²) >= 11 is 3.84. The summed E-state index contributed by atoms with van der Waals surface area (Å²) in [4.78, 5) is 80.1. The van der Waals surface area contributed by atoms with Crippen LogP contribution in [-0.2, 0) is 33.6 Å². The predicted molar refractivity (Wildman–Crippen MR) is 107 cm³/mol. The molecule has 4 atom stereocenters. The Bertz CT molecular complexity index is 760. The van der Waals surface area contributed by atoms with E-state index in [9.17, 15) is 33.6 Å². The van der Waals surface area contributed by atoms with Crippen LogP contribution in [0.25, 0.3) is 0 Å². The Hall–Kier alpha value is -3.40. The van der Waals surface area contributed by atoms with Gasteiger partial charge in [0.05, 0.1) is 18.9 Å². The van der Waals surface area contributed by atoms with Crippen LogP contribution in [-0.4, -0.2) is 91.9 Å². The minimum Gasteiger partial charge on any atom is -0.481 e. The van der Waals surface area contributed by atoms with E-state index in [1.165, 1.54) is 0 Å². The zero-order chi connectivity index (χ0) is 25.0. The highest BCUT2D eigenvalue weighted by molar-refractivity contribution is 7.80. The van der Waals surface area contributed by atoms with Gasteiger partial charge in [-0.05, 0) is 6.42 Å². The van der Waals surface area contributed by atoms with E-state index < -0.39 is 85.0 Å². The third-order valence-corrected chi connectivity index (χ3v) is 4.19. The summed E-state index contributed by atoms with van der Waals surface area (Å²) in [6, 6.07) is -6.37. The number of rotatable bonds is 15. The molecule has 3 amide bonds. The van der Waals surface area contributed by atoms with Crippen LogP contribution in [0.3, 0.4) is 0 Å². The average Bonchev–Trinajstić information content (AvgIpc) is 2.67. The van der Waals surface area contributed by atoms with Crippen molar-refractivity contribution in [3.05, 3.63) is 0 Å².